The van der Waals surface area contributed by atoms with Gasteiger partial charge in [-0.1, -0.05) is 30.3 Å². The van der Waals surface area contributed by atoms with Gasteiger partial charge in [0.1, 0.15) is 11.6 Å². The van der Waals surface area contributed by atoms with Gasteiger partial charge in [-0.15, -0.1) is 11.3 Å². The summed E-state index contributed by atoms with van der Waals surface area (Å²) in [6.07, 6.45) is -4.39. The van der Waals surface area contributed by atoms with Crippen molar-refractivity contribution in [2.45, 2.75) is 25.7 Å². The van der Waals surface area contributed by atoms with Gasteiger partial charge in [0.2, 0.25) is 5.91 Å². The van der Waals surface area contributed by atoms with Gasteiger partial charge in [0.05, 0.1) is 11.7 Å². The predicted molar refractivity (Wildman–Crippen MR) is 103 cm³/mol. The minimum absolute atomic E-state index is 0.576. The fourth-order valence-corrected chi connectivity index (χ4v) is 3.95. The van der Waals surface area contributed by atoms with E-state index in [1.165, 1.54) is 0 Å². The molecule has 9 heteroatoms. The number of amides is 1. The van der Waals surface area contributed by atoms with Crippen LogP contribution in [0.1, 0.15) is 12.6 Å². The molecule has 5 nitrogen and oxygen atoms in total. The predicted octanol–water partition coefficient (Wildman–Crippen LogP) is 2.99. The van der Waals surface area contributed by atoms with Gasteiger partial charge in [-0.25, -0.2) is 4.98 Å². The number of aromatic nitrogens is 1. The highest BCUT2D eigenvalue weighted by Crippen LogP contribution is 2.24. The van der Waals surface area contributed by atoms with Crippen molar-refractivity contribution < 1.29 is 18.0 Å². The standard InChI is InChI=1S/C19H23F3N4OS/c1-14(17(27)23-13-19(20,21)22)26-9-7-25(8-10-26)11-16-12-28-18(24-16)15-5-3-2-4-6-15/h2-6,12,14H,7-11,13H2,1H3,(H,23,27). The molecule has 152 valence electrons. The minimum Gasteiger partial charge on any atom is -0.346 e. The molecule has 2 heterocycles. The van der Waals surface area contributed by atoms with E-state index in [0.717, 1.165) is 35.9 Å². The van der Waals surface area contributed by atoms with E-state index >= 15 is 0 Å². The number of nitrogens with zero attached hydrogens (tertiary/aromatic N) is 3. The molecule has 1 unspecified atom stereocenters. The first-order valence-electron chi connectivity index (χ1n) is 9.12. The largest absolute Gasteiger partial charge is 0.405 e. The highest BCUT2D eigenvalue weighted by molar-refractivity contribution is 7.13. The number of hydrogen-bond acceptors (Lipinski definition) is 5. The zero-order valence-electron chi connectivity index (χ0n) is 15.6. The van der Waals surface area contributed by atoms with Gasteiger partial charge >= 0.3 is 6.18 Å². The van der Waals surface area contributed by atoms with E-state index in [0.29, 0.717) is 13.1 Å². The topological polar surface area (TPSA) is 48.5 Å². The number of piperazine rings is 1. The second-order valence-corrected chi connectivity index (χ2v) is 7.69. The van der Waals surface area contributed by atoms with Gasteiger partial charge in [-0.2, -0.15) is 13.2 Å². The number of alkyl halides is 3. The maximum atomic E-state index is 12.2. The molecule has 1 aliphatic heterocycles. The molecule has 2 aromatic rings. The molecule has 1 amide bonds. The van der Waals surface area contributed by atoms with E-state index in [9.17, 15) is 18.0 Å². The first kappa shape index (κ1) is 20.8. The second kappa shape index (κ2) is 9.02. The van der Waals surface area contributed by atoms with E-state index in [-0.39, 0.29) is 0 Å². The third-order valence-electron chi connectivity index (χ3n) is 4.76. The van der Waals surface area contributed by atoms with Crippen LogP contribution in [0.3, 0.4) is 0 Å². The smallest absolute Gasteiger partial charge is 0.346 e. The van der Waals surface area contributed by atoms with Crippen LogP contribution in [0.25, 0.3) is 10.6 Å². The molecular formula is C19H23F3N4OS. The van der Waals surface area contributed by atoms with E-state index in [1.807, 2.05) is 40.5 Å². The number of halogens is 3. The third kappa shape index (κ3) is 5.76. The maximum absolute atomic E-state index is 12.2. The number of thiazole rings is 1. The average molecular weight is 412 g/mol. The summed E-state index contributed by atoms with van der Waals surface area (Å²) in [5.74, 6) is -0.585. The zero-order valence-corrected chi connectivity index (χ0v) is 16.4. The number of carbonyl (C=O) groups excluding carboxylic acids is 1. The van der Waals surface area contributed by atoms with Gasteiger partial charge in [0.15, 0.2) is 0 Å². The van der Waals surface area contributed by atoms with Gasteiger partial charge < -0.3 is 5.32 Å². The van der Waals surface area contributed by atoms with Crippen LogP contribution in [0.4, 0.5) is 13.2 Å². The van der Waals surface area contributed by atoms with Gasteiger partial charge in [-0.3, -0.25) is 14.6 Å². The van der Waals surface area contributed by atoms with Crippen LogP contribution in [0.15, 0.2) is 35.7 Å². The molecule has 1 aromatic carbocycles. The van der Waals surface area contributed by atoms with Crippen LogP contribution in [-0.4, -0.2) is 65.6 Å². The van der Waals surface area contributed by atoms with Gasteiger partial charge in [0, 0.05) is 43.7 Å². The average Bonchev–Trinajstić information content (AvgIpc) is 3.15. The Labute approximate surface area is 166 Å². The lowest BCUT2D eigenvalue weighted by molar-refractivity contribution is -0.141. The normalized spacial score (nSPS) is 17.4. The second-order valence-electron chi connectivity index (χ2n) is 6.83. The lowest BCUT2D eigenvalue weighted by atomic mass is 10.2. The third-order valence-corrected chi connectivity index (χ3v) is 5.70. The molecule has 0 aliphatic carbocycles. The molecule has 1 aliphatic rings. The van der Waals surface area contributed by atoms with Gasteiger partial charge in [-0.05, 0) is 6.92 Å². The van der Waals surface area contributed by atoms with Crippen LogP contribution >= 0.6 is 11.3 Å². The summed E-state index contributed by atoms with van der Waals surface area (Å²) in [6, 6.07) is 9.44. The molecule has 1 aromatic heterocycles. The fraction of sp³-hybridized carbons (Fsp3) is 0.474. The van der Waals surface area contributed by atoms with Crippen molar-refractivity contribution in [1.82, 2.24) is 20.1 Å². The van der Waals surface area contributed by atoms with Crippen LogP contribution in [0.5, 0.6) is 0 Å². The number of nitrogens with one attached hydrogen (secondary N) is 1. The van der Waals surface area contributed by atoms with Crippen molar-refractivity contribution in [2.75, 3.05) is 32.7 Å². The van der Waals surface area contributed by atoms with Crippen LogP contribution in [-0.2, 0) is 11.3 Å². The summed E-state index contributed by atoms with van der Waals surface area (Å²) >= 11 is 1.61. The quantitative estimate of drug-likeness (QED) is 0.793. The van der Waals surface area contributed by atoms with Crippen molar-refractivity contribution in [2.24, 2.45) is 0 Å². The molecule has 0 spiro atoms. The number of benzene rings is 1. The monoisotopic (exact) mass is 412 g/mol. The molecular weight excluding hydrogens is 389 g/mol. The summed E-state index contributed by atoms with van der Waals surface area (Å²) in [4.78, 5) is 20.8. The molecule has 1 fully saturated rings. The van der Waals surface area contributed by atoms with Gasteiger partial charge in [0.25, 0.3) is 0 Å². The number of carbonyl (C=O) groups is 1. The Balaban J connectivity index is 1.47. The van der Waals surface area contributed by atoms with E-state index in [1.54, 1.807) is 18.3 Å². The molecule has 0 saturated carbocycles. The molecule has 0 radical (unpaired) electrons. The number of rotatable bonds is 6. The summed E-state index contributed by atoms with van der Waals surface area (Å²) in [5, 5.41) is 5.01. The molecule has 1 saturated heterocycles. The minimum atomic E-state index is -4.39. The summed E-state index contributed by atoms with van der Waals surface area (Å²) < 4.78 is 36.7. The highest BCUT2D eigenvalue weighted by atomic mass is 32.1. The maximum Gasteiger partial charge on any atom is 0.405 e. The summed E-state index contributed by atoms with van der Waals surface area (Å²) in [6.45, 7) is 3.85. The van der Waals surface area contributed by atoms with Crippen molar-refractivity contribution in [3.8, 4) is 10.6 Å². The lowest BCUT2D eigenvalue weighted by Crippen LogP contribution is -2.54. The number of hydrogen-bond donors (Lipinski definition) is 1. The van der Waals surface area contributed by atoms with Crippen molar-refractivity contribution in [3.63, 3.8) is 0 Å². The van der Waals surface area contributed by atoms with E-state index < -0.39 is 24.7 Å². The zero-order chi connectivity index (χ0) is 20.1. The van der Waals surface area contributed by atoms with E-state index in [2.05, 4.69) is 10.3 Å². The van der Waals surface area contributed by atoms with Crippen molar-refractivity contribution in [3.05, 3.63) is 41.4 Å². The Kier molecular flexibility index (Phi) is 6.69. The van der Waals surface area contributed by atoms with Crippen molar-refractivity contribution >= 4 is 17.2 Å². The molecule has 1 atom stereocenters. The molecule has 3 rings (SSSR count). The van der Waals surface area contributed by atoms with Crippen molar-refractivity contribution in [1.29, 1.82) is 0 Å². The molecule has 0 bridgehead atoms. The summed E-state index contributed by atoms with van der Waals surface area (Å²) in [7, 11) is 0. The van der Waals surface area contributed by atoms with Crippen LogP contribution in [0.2, 0.25) is 0 Å². The first-order chi connectivity index (χ1) is 13.3. The molecule has 1 N–H and O–H groups in total. The fourth-order valence-electron chi connectivity index (χ4n) is 3.13. The first-order valence-corrected chi connectivity index (χ1v) is 10.0. The molecule has 28 heavy (non-hydrogen) atoms. The van der Waals surface area contributed by atoms with Crippen LogP contribution < -0.4 is 5.32 Å². The Morgan fingerprint density at radius 2 is 1.89 bits per heavy atom. The Hall–Kier alpha value is -1.97. The van der Waals surface area contributed by atoms with Crippen LogP contribution in [0, 0.1) is 0 Å². The Morgan fingerprint density at radius 1 is 1.21 bits per heavy atom. The SMILES string of the molecule is CC(C(=O)NCC(F)(F)F)N1CCN(Cc2csc(-c3ccccc3)n2)CC1. The highest BCUT2D eigenvalue weighted by Gasteiger charge is 2.31. The summed E-state index contributed by atoms with van der Waals surface area (Å²) in [5.41, 5.74) is 2.11. The Morgan fingerprint density at radius 3 is 2.54 bits per heavy atom. The van der Waals surface area contributed by atoms with E-state index in [4.69, 9.17) is 4.98 Å². The lowest BCUT2D eigenvalue weighted by Gasteiger charge is -2.37. The Bertz CT molecular complexity index is 773.